The molecule has 4 aromatic carbocycles. The first-order valence-corrected chi connectivity index (χ1v) is 11.0. The van der Waals surface area contributed by atoms with Crippen molar-refractivity contribution in [1.29, 1.82) is 0 Å². The average molecular weight is 388 g/mol. The number of hydrogen-bond donors (Lipinski definition) is 0. The van der Waals surface area contributed by atoms with Crippen molar-refractivity contribution in [2.24, 2.45) is 0 Å². The van der Waals surface area contributed by atoms with E-state index in [1.165, 1.54) is 38.6 Å². The van der Waals surface area contributed by atoms with E-state index in [0.29, 0.717) is 0 Å². The zero-order valence-electron chi connectivity index (χ0n) is 18.4. The summed E-state index contributed by atoms with van der Waals surface area (Å²) in [6.45, 7) is 8.92. The van der Waals surface area contributed by atoms with Crippen molar-refractivity contribution >= 4 is 23.1 Å². The third kappa shape index (κ3) is 3.29. The van der Waals surface area contributed by atoms with E-state index in [9.17, 15) is 0 Å². The smallest absolute Gasteiger partial charge is 0.0686 e. The van der Waals surface area contributed by atoms with Crippen LogP contribution in [0, 0.1) is 0 Å². The quantitative estimate of drug-likeness (QED) is 0.405. The number of fused-ring (bicyclic) bond motifs is 3. The van der Waals surface area contributed by atoms with E-state index in [-0.39, 0.29) is 12.1 Å². The average Bonchev–Trinajstić information content (AvgIpc) is 3.05. The molecule has 0 amide bonds. The van der Waals surface area contributed by atoms with Crippen LogP contribution in [0.25, 0.3) is 11.1 Å². The summed E-state index contributed by atoms with van der Waals surface area (Å²) in [4.78, 5) is 0. The Balaban J connectivity index is 0.00000106. The third-order valence-corrected chi connectivity index (χ3v) is 6.22. The lowest BCUT2D eigenvalue weighted by Crippen LogP contribution is -2.52. The SMILES string of the molecule is CC.CC1(C)c2ccccc2-c2c(B(c3ccccc3)c3ccccc3)cccc21. The molecule has 1 heteroatoms. The Bertz CT molecular complexity index is 1090. The fourth-order valence-electron chi connectivity index (χ4n) is 4.87. The Morgan fingerprint density at radius 1 is 0.533 bits per heavy atom. The maximum atomic E-state index is 2.35. The molecule has 0 unspecified atom stereocenters. The molecule has 5 rings (SSSR count). The molecular formula is C29H29B. The molecule has 0 radical (unpaired) electrons. The van der Waals surface area contributed by atoms with Gasteiger partial charge in [-0.25, -0.2) is 0 Å². The minimum Gasteiger partial charge on any atom is -0.0686 e. The first-order valence-electron chi connectivity index (χ1n) is 11.0. The molecule has 0 fully saturated rings. The van der Waals surface area contributed by atoms with E-state index in [1.54, 1.807) is 0 Å². The molecule has 0 saturated carbocycles. The highest BCUT2D eigenvalue weighted by molar-refractivity contribution is 6.96. The first kappa shape index (κ1) is 20.2. The highest BCUT2D eigenvalue weighted by Gasteiger charge is 2.38. The van der Waals surface area contributed by atoms with Gasteiger partial charge in [0.25, 0.3) is 0 Å². The largest absolute Gasteiger partial charge is 0.242 e. The van der Waals surface area contributed by atoms with E-state index in [4.69, 9.17) is 0 Å². The fourth-order valence-corrected chi connectivity index (χ4v) is 4.87. The van der Waals surface area contributed by atoms with Crippen LogP contribution in [0.2, 0.25) is 0 Å². The molecule has 0 heterocycles. The molecule has 0 atom stereocenters. The second-order valence-corrected chi connectivity index (χ2v) is 8.19. The van der Waals surface area contributed by atoms with Gasteiger partial charge >= 0.3 is 0 Å². The lowest BCUT2D eigenvalue weighted by atomic mass is 9.36. The normalized spacial score (nSPS) is 12.9. The number of hydrogen-bond acceptors (Lipinski definition) is 0. The van der Waals surface area contributed by atoms with Crippen LogP contribution in [-0.4, -0.2) is 6.71 Å². The summed E-state index contributed by atoms with van der Waals surface area (Å²) >= 11 is 0. The Kier molecular flexibility index (Phi) is 5.64. The van der Waals surface area contributed by atoms with E-state index in [1.807, 2.05) is 13.8 Å². The molecular weight excluding hydrogens is 359 g/mol. The van der Waals surface area contributed by atoms with E-state index in [2.05, 4.69) is 117 Å². The molecule has 0 spiro atoms. The number of rotatable bonds is 3. The third-order valence-electron chi connectivity index (χ3n) is 6.22. The monoisotopic (exact) mass is 388 g/mol. The fraction of sp³-hybridized carbons (Fsp3) is 0.172. The Morgan fingerprint density at radius 2 is 1.03 bits per heavy atom. The van der Waals surface area contributed by atoms with Gasteiger partial charge in [0.1, 0.15) is 0 Å². The van der Waals surface area contributed by atoms with Gasteiger partial charge in [-0.2, -0.15) is 0 Å². The molecule has 0 saturated heterocycles. The maximum absolute atomic E-state index is 2.35. The Hall–Kier alpha value is -3.06. The molecule has 0 bridgehead atoms. The summed E-state index contributed by atoms with van der Waals surface area (Å²) in [7, 11) is 0. The highest BCUT2D eigenvalue weighted by Crippen LogP contribution is 2.47. The van der Waals surface area contributed by atoms with Crippen LogP contribution in [0.1, 0.15) is 38.8 Å². The highest BCUT2D eigenvalue weighted by atomic mass is 14.4. The van der Waals surface area contributed by atoms with E-state index >= 15 is 0 Å². The van der Waals surface area contributed by atoms with E-state index < -0.39 is 0 Å². The van der Waals surface area contributed by atoms with Crippen molar-refractivity contribution in [3.05, 3.63) is 114 Å². The van der Waals surface area contributed by atoms with Gasteiger partial charge in [-0.05, 0) is 22.3 Å². The summed E-state index contributed by atoms with van der Waals surface area (Å²) in [6, 6.07) is 37.6. The topological polar surface area (TPSA) is 0 Å². The summed E-state index contributed by atoms with van der Waals surface area (Å²) in [6.07, 6.45) is 0. The summed E-state index contributed by atoms with van der Waals surface area (Å²) in [5, 5.41) is 0. The molecule has 4 aromatic rings. The van der Waals surface area contributed by atoms with Gasteiger partial charge in [-0.1, -0.05) is 147 Å². The summed E-state index contributed by atoms with van der Waals surface area (Å²) in [5.74, 6) is 0. The minimum absolute atomic E-state index is 0.0276. The standard InChI is InChI=1S/C27H23B.C2H6/c1-27(2)23-17-10-9-16-22(23)26-24(27)18-11-19-25(26)28(20-12-5-3-6-13-20)21-14-7-4-8-15-21;1-2/h3-19H,1-2H3;1-2H3. The molecule has 148 valence electrons. The zero-order chi connectivity index (χ0) is 21.1. The van der Waals surface area contributed by atoms with Crippen LogP contribution in [0.3, 0.4) is 0 Å². The molecule has 0 nitrogen and oxygen atoms in total. The van der Waals surface area contributed by atoms with Gasteiger partial charge in [0.2, 0.25) is 6.71 Å². The van der Waals surface area contributed by atoms with Gasteiger partial charge < -0.3 is 0 Å². The van der Waals surface area contributed by atoms with Gasteiger partial charge in [0, 0.05) is 5.41 Å². The minimum atomic E-state index is 0.0276. The Morgan fingerprint density at radius 3 is 1.63 bits per heavy atom. The molecule has 0 aromatic heterocycles. The second-order valence-electron chi connectivity index (χ2n) is 8.19. The molecule has 0 N–H and O–H groups in total. The lowest BCUT2D eigenvalue weighted by Gasteiger charge is -2.23. The van der Waals surface area contributed by atoms with Crippen LogP contribution < -0.4 is 16.4 Å². The van der Waals surface area contributed by atoms with Crippen LogP contribution in [0.5, 0.6) is 0 Å². The van der Waals surface area contributed by atoms with Gasteiger partial charge in [0.15, 0.2) is 0 Å². The van der Waals surface area contributed by atoms with Crippen molar-refractivity contribution in [2.45, 2.75) is 33.1 Å². The van der Waals surface area contributed by atoms with Gasteiger partial charge in [-0.3, -0.25) is 0 Å². The maximum Gasteiger partial charge on any atom is 0.242 e. The van der Waals surface area contributed by atoms with Crippen molar-refractivity contribution in [3.63, 3.8) is 0 Å². The predicted molar refractivity (Wildman–Crippen MR) is 133 cm³/mol. The zero-order valence-corrected chi connectivity index (χ0v) is 18.4. The van der Waals surface area contributed by atoms with Crippen LogP contribution >= 0.6 is 0 Å². The predicted octanol–water partition coefficient (Wildman–Crippen LogP) is 5.54. The second kappa shape index (κ2) is 8.36. The van der Waals surface area contributed by atoms with Crippen molar-refractivity contribution in [1.82, 2.24) is 0 Å². The van der Waals surface area contributed by atoms with Gasteiger partial charge in [-0.15, -0.1) is 0 Å². The van der Waals surface area contributed by atoms with Crippen molar-refractivity contribution < 1.29 is 0 Å². The molecule has 1 aliphatic rings. The van der Waals surface area contributed by atoms with Gasteiger partial charge in [0.05, 0.1) is 0 Å². The Labute approximate surface area is 181 Å². The van der Waals surface area contributed by atoms with Crippen molar-refractivity contribution in [2.75, 3.05) is 0 Å². The van der Waals surface area contributed by atoms with E-state index in [0.717, 1.165) is 0 Å². The molecule has 30 heavy (non-hydrogen) atoms. The van der Waals surface area contributed by atoms with Crippen LogP contribution in [0.4, 0.5) is 0 Å². The first-order chi connectivity index (χ1) is 14.7. The number of benzene rings is 4. The van der Waals surface area contributed by atoms with Crippen LogP contribution in [-0.2, 0) is 5.41 Å². The van der Waals surface area contributed by atoms with Crippen LogP contribution in [0.15, 0.2) is 103 Å². The molecule has 0 aliphatic heterocycles. The molecule has 1 aliphatic carbocycles. The van der Waals surface area contributed by atoms with Crippen molar-refractivity contribution in [3.8, 4) is 11.1 Å². The lowest BCUT2D eigenvalue weighted by molar-refractivity contribution is 0.660. The summed E-state index contributed by atoms with van der Waals surface area (Å²) in [5.41, 5.74) is 9.76. The summed E-state index contributed by atoms with van der Waals surface area (Å²) < 4.78 is 0.